The average Bonchev–Trinajstić information content (AvgIpc) is 2.47. The third-order valence-electron chi connectivity index (χ3n) is 5.69. The number of rotatable bonds is 5. The van der Waals surface area contributed by atoms with Crippen LogP contribution in [0.1, 0.15) is 65.7 Å². The Labute approximate surface area is 119 Å². The Bertz CT molecular complexity index is 250. The first-order chi connectivity index (χ1) is 9.12. The normalized spacial score (nSPS) is 33.3. The van der Waals surface area contributed by atoms with Gasteiger partial charge in [0, 0.05) is 19.2 Å². The molecule has 1 N–H and O–H groups in total. The highest BCUT2D eigenvalue weighted by molar-refractivity contribution is 4.85. The third kappa shape index (κ3) is 4.46. The third-order valence-corrected chi connectivity index (χ3v) is 5.69. The Balaban J connectivity index is 1.66. The standard InChI is InChI=1S/C17H33NO/c1-4-17(2,3)15-7-9-16(10-8-15)18-12-14-6-5-11-19-13-14/h14-16,18H,4-13H2,1-3H3. The molecule has 1 saturated heterocycles. The molecule has 1 unspecified atom stereocenters. The highest BCUT2D eigenvalue weighted by Crippen LogP contribution is 2.40. The van der Waals surface area contributed by atoms with Gasteiger partial charge in [0.25, 0.3) is 0 Å². The lowest BCUT2D eigenvalue weighted by molar-refractivity contribution is 0.0520. The molecule has 0 aromatic rings. The largest absolute Gasteiger partial charge is 0.381 e. The van der Waals surface area contributed by atoms with E-state index in [1.165, 1.54) is 51.5 Å². The summed E-state index contributed by atoms with van der Waals surface area (Å²) < 4.78 is 5.56. The second-order valence-corrected chi connectivity index (χ2v) is 7.38. The molecule has 2 nitrogen and oxygen atoms in total. The molecular formula is C17H33NO. The summed E-state index contributed by atoms with van der Waals surface area (Å²) in [6.07, 6.45) is 9.51. The number of ether oxygens (including phenoxy) is 1. The van der Waals surface area contributed by atoms with Crippen molar-refractivity contribution >= 4 is 0 Å². The summed E-state index contributed by atoms with van der Waals surface area (Å²) in [5.41, 5.74) is 0.544. The monoisotopic (exact) mass is 267 g/mol. The van der Waals surface area contributed by atoms with Crippen LogP contribution in [0, 0.1) is 17.3 Å². The van der Waals surface area contributed by atoms with Crippen molar-refractivity contribution in [1.82, 2.24) is 5.32 Å². The summed E-state index contributed by atoms with van der Waals surface area (Å²) in [7, 11) is 0. The van der Waals surface area contributed by atoms with Crippen molar-refractivity contribution in [2.24, 2.45) is 17.3 Å². The van der Waals surface area contributed by atoms with Crippen LogP contribution in [0.3, 0.4) is 0 Å². The molecule has 1 heterocycles. The van der Waals surface area contributed by atoms with E-state index >= 15 is 0 Å². The fourth-order valence-corrected chi connectivity index (χ4v) is 3.67. The molecule has 0 aromatic carbocycles. The lowest BCUT2D eigenvalue weighted by Gasteiger charge is -2.39. The van der Waals surface area contributed by atoms with Gasteiger partial charge < -0.3 is 10.1 Å². The van der Waals surface area contributed by atoms with Gasteiger partial charge in [0.1, 0.15) is 0 Å². The lowest BCUT2D eigenvalue weighted by Crippen LogP contribution is -2.40. The van der Waals surface area contributed by atoms with Crippen LogP contribution in [0.4, 0.5) is 0 Å². The van der Waals surface area contributed by atoms with E-state index in [0.717, 1.165) is 31.1 Å². The van der Waals surface area contributed by atoms with Crippen molar-refractivity contribution in [1.29, 1.82) is 0 Å². The van der Waals surface area contributed by atoms with Gasteiger partial charge in [-0.25, -0.2) is 0 Å². The van der Waals surface area contributed by atoms with Gasteiger partial charge in [0.15, 0.2) is 0 Å². The summed E-state index contributed by atoms with van der Waals surface area (Å²) in [6, 6.07) is 0.769. The molecule has 2 aliphatic rings. The van der Waals surface area contributed by atoms with Crippen LogP contribution < -0.4 is 5.32 Å². The summed E-state index contributed by atoms with van der Waals surface area (Å²) in [4.78, 5) is 0. The van der Waals surface area contributed by atoms with Crippen LogP contribution in [0.15, 0.2) is 0 Å². The molecule has 1 atom stereocenters. The van der Waals surface area contributed by atoms with Crippen molar-refractivity contribution in [2.75, 3.05) is 19.8 Å². The molecular weight excluding hydrogens is 234 g/mol. The predicted molar refractivity (Wildman–Crippen MR) is 81.4 cm³/mol. The zero-order valence-corrected chi connectivity index (χ0v) is 13.2. The summed E-state index contributed by atoms with van der Waals surface area (Å²) >= 11 is 0. The molecule has 0 bridgehead atoms. The van der Waals surface area contributed by atoms with Crippen LogP contribution >= 0.6 is 0 Å². The van der Waals surface area contributed by atoms with Crippen molar-refractivity contribution in [2.45, 2.75) is 71.8 Å². The topological polar surface area (TPSA) is 21.3 Å². The van der Waals surface area contributed by atoms with Crippen LogP contribution in [0.2, 0.25) is 0 Å². The van der Waals surface area contributed by atoms with E-state index in [1.54, 1.807) is 0 Å². The molecule has 1 aliphatic heterocycles. The van der Waals surface area contributed by atoms with E-state index in [9.17, 15) is 0 Å². The fraction of sp³-hybridized carbons (Fsp3) is 1.00. The first-order valence-corrected chi connectivity index (χ1v) is 8.43. The Kier molecular flexibility index (Phi) is 5.70. The van der Waals surface area contributed by atoms with Gasteiger partial charge in [0.05, 0.1) is 6.61 Å². The molecule has 2 rings (SSSR count). The maximum atomic E-state index is 5.56. The molecule has 2 fully saturated rings. The molecule has 2 heteroatoms. The van der Waals surface area contributed by atoms with E-state index in [-0.39, 0.29) is 0 Å². The SMILES string of the molecule is CCC(C)(C)C1CCC(NCC2CCCOC2)CC1. The summed E-state index contributed by atoms with van der Waals surface area (Å²) in [5, 5.41) is 3.80. The molecule has 0 spiro atoms. The maximum Gasteiger partial charge on any atom is 0.0506 e. The van der Waals surface area contributed by atoms with Crippen LogP contribution in [0.25, 0.3) is 0 Å². The Hall–Kier alpha value is -0.0800. The molecule has 1 saturated carbocycles. The summed E-state index contributed by atoms with van der Waals surface area (Å²) in [6.45, 7) is 10.4. The second kappa shape index (κ2) is 7.08. The Morgan fingerprint density at radius 3 is 2.42 bits per heavy atom. The molecule has 1 aliphatic carbocycles. The van der Waals surface area contributed by atoms with Gasteiger partial charge in [0.2, 0.25) is 0 Å². The van der Waals surface area contributed by atoms with Gasteiger partial charge in [-0.05, 0) is 55.8 Å². The van der Waals surface area contributed by atoms with E-state index in [1.807, 2.05) is 0 Å². The minimum Gasteiger partial charge on any atom is -0.381 e. The van der Waals surface area contributed by atoms with E-state index in [0.29, 0.717) is 5.41 Å². The van der Waals surface area contributed by atoms with Gasteiger partial charge in [-0.1, -0.05) is 27.2 Å². The molecule has 0 amide bonds. The van der Waals surface area contributed by atoms with Crippen LogP contribution in [-0.4, -0.2) is 25.8 Å². The van der Waals surface area contributed by atoms with Crippen LogP contribution in [-0.2, 0) is 4.74 Å². The van der Waals surface area contributed by atoms with Gasteiger partial charge in [-0.2, -0.15) is 0 Å². The molecule has 19 heavy (non-hydrogen) atoms. The molecule has 0 aromatic heterocycles. The van der Waals surface area contributed by atoms with Gasteiger partial charge in [-0.3, -0.25) is 0 Å². The first kappa shape index (κ1) is 15.3. The molecule has 0 radical (unpaired) electrons. The minimum absolute atomic E-state index is 0.544. The van der Waals surface area contributed by atoms with Crippen LogP contribution in [0.5, 0.6) is 0 Å². The maximum absolute atomic E-state index is 5.56. The van der Waals surface area contributed by atoms with E-state index in [2.05, 4.69) is 26.1 Å². The minimum atomic E-state index is 0.544. The summed E-state index contributed by atoms with van der Waals surface area (Å²) in [5.74, 6) is 1.70. The first-order valence-electron chi connectivity index (χ1n) is 8.43. The average molecular weight is 267 g/mol. The highest BCUT2D eigenvalue weighted by atomic mass is 16.5. The van der Waals surface area contributed by atoms with E-state index in [4.69, 9.17) is 4.74 Å². The highest BCUT2D eigenvalue weighted by Gasteiger charge is 2.31. The zero-order valence-electron chi connectivity index (χ0n) is 13.2. The fourth-order valence-electron chi connectivity index (χ4n) is 3.67. The number of nitrogens with one attached hydrogen (secondary N) is 1. The van der Waals surface area contributed by atoms with Crippen molar-refractivity contribution < 1.29 is 4.74 Å². The van der Waals surface area contributed by atoms with E-state index < -0.39 is 0 Å². The Morgan fingerprint density at radius 2 is 1.84 bits per heavy atom. The molecule has 112 valence electrons. The smallest absolute Gasteiger partial charge is 0.0506 e. The van der Waals surface area contributed by atoms with Gasteiger partial charge >= 0.3 is 0 Å². The zero-order chi connectivity index (χ0) is 13.7. The van der Waals surface area contributed by atoms with Gasteiger partial charge in [-0.15, -0.1) is 0 Å². The lowest BCUT2D eigenvalue weighted by atomic mass is 9.69. The second-order valence-electron chi connectivity index (χ2n) is 7.38. The van der Waals surface area contributed by atoms with Crippen molar-refractivity contribution in [3.8, 4) is 0 Å². The Morgan fingerprint density at radius 1 is 1.11 bits per heavy atom. The predicted octanol–water partition coefficient (Wildman–Crippen LogP) is 4.00. The van der Waals surface area contributed by atoms with Crippen molar-refractivity contribution in [3.05, 3.63) is 0 Å². The number of hydrogen-bond acceptors (Lipinski definition) is 2. The number of hydrogen-bond donors (Lipinski definition) is 1. The quantitative estimate of drug-likeness (QED) is 0.813. The van der Waals surface area contributed by atoms with Crippen molar-refractivity contribution in [3.63, 3.8) is 0 Å².